The molecule has 0 aromatic carbocycles. The lowest BCUT2D eigenvalue weighted by atomic mass is 9.95. The van der Waals surface area contributed by atoms with E-state index in [1.54, 1.807) is 0 Å². The van der Waals surface area contributed by atoms with Gasteiger partial charge in [-0.2, -0.15) is 0 Å². The highest BCUT2D eigenvalue weighted by atomic mass is 16.5. The minimum absolute atomic E-state index is 0.0541. The second-order valence-electron chi connectivity index (χ2n) is 6.04. The van der Waals surface area contributed by atoms with E-state index in [9.17, 15) is 4.79 Å². The van der Waals surface area contributed by atoms with E-state index >= 15 is 0 Å². The Labute approximate surface area is 116 Å². The maximum absolute atomic E-state index is 12.1. The maximum atomic E-state index is 12.1. The summed E-state index contributed by atoms with van der Waals surface area (Å²) in [5, 5.41) is 3.32. The minimum Gasteiger partial charge on any atom is -0.468 e. The van der Waals surface area contributed by atoms with Gasteiger partial charge in [0, 0.05) is 18.6 Å². The van der Waals surface area contributed by atoms with Crippen LogP contribution in [0.15, 0.2) is 0 Å². The summed E-state index contributed by atoms with van der Waals surface area (Å²) in [4.78, 5) is 14.4. The fourth-order valence-electron chi connectivity index (χ4n) is 2.38. The molecule has 0 aliphatic carbocycles. The average Bonchev–Trinajstić information content (AvgIpc) is 2.38. The van der Waals surface area contributed by atoms with Crippen molar-refractivity contribution < 1.29 is 14.3 Å². The van der Waals surface area contributed by atoms with Crippen molar-refractivity contribution in [2.45, 2.75) is 45.2 Å². The fraction of sp³-hybridized carbons (Fsp3) is 0.929. The first-order chi connectivity index (χ1) is 8.85. The third-order valence-corrected chi connectivity index (χ3v) is 3.73. The average molecular weight is 272 g/mol. The SMILES string of the molecule is CCCNC(C)(CN1CCOCC1(C)C)C(=O)OC. The maximum Gasteiger partial charge on any atom is 0.327 e. The van der Waals surface area contributed by atoms with E-state index in [1.165, 1.54) is 7.11 Å². The molecule has 1 aliphatic heterocycles. The van der Waals surface area contributed by atoms with Gasteiger partial charge in [0.25, 0.3) is 0 Å². The highest BCUT2D eigenvalue weighted by Crippen LogP contribution is 2.22. The topological polar surface area (TPSA) is 50.8 Å². The van der Waals surface area contributed by atoms with Gasteiger partial charge in [-0.1, -0.05) is 6.92 Å². The number of rotatable bonds is 6. The number of methoxy groups -OCH3 is 1. The van der Waals surface area contributed by atoms with Crippen LogP contribution in [0.5, 0.6) is 0 Å². The van der Waals surface area contributed by atoms with Crippen molar-refractivity contribution in [3.63, 3.8) is 0 Å². The number of carbonyl (C=O) groups excluding carboxylic acids is 1. The zero-order valence-electron chi connectivity index (χ0n) is 12.9. The van der Waals surface area contributed by atoms with Crippen LogP contribution < -0.4 is 5.32 Å². The molecule has 1 aliphatic rings. The van der Waals surface area contributed by atoms with E-state index in [0.717, 1.165) is 19.5 Å². The molecule has 112 valence electrons. The summed E-state index contributed by atoms with van der Waals surface area (Å²) in [6, 6.07) is 0. The molecule has 0 saturated carbocycles. The monoisotopic (exact) mass is 272 g/mol. The van der Waals surface area contributed by atoms with Crippen LogP contribution in [0, 0.1) is 0 Å². The Hall–Kier alpha value is -0.650. The zero-order chi connectivity index (χ0) is 14.5. The smallest absolute Gasteiger partial charge is 0.327 e. The number of esters is 1. The number of hydrogen-bond acceptors (Lipinski definition) is 5. The lowest BCUT2D eigenvalue weighted by molar-refractivity contribution is -0.151. The van der Waals surface area contributed by atoms with Crippen molar-refractivity contribution in [1.82, 2.24) is 10.2 Å². The van der Waals surface area contributed by atoms with Crippen LogP contribution >= 0.6 is 0 Å². The van der Waals surface area contributed by atoms with Crippen molar-refractivity contribution in [2.24, 2.45) is 0 Å². The fourth-order valence-corrected chi connectivity index (χ4v) is 2.38. The lowest BCUT2D eigenvalue weighted by Gasteiger charge is -2.45. The van der Waals surface area contributed by atoms with E-state index in [0.29, 0.717) is 19.8 Å². The van der Waals surface area contributed by atoms with Crippen molar-refractivity contribution in [3.05, 3.63) is 0 Å². The van der Waals surface area contributed by atoms with Gasteiger partial charge >= 0.3 is 5.97 Å². The van der Waals surface area contributed by atoms with Gasteiger partial charge in [0.2, 0.25) is 0 Å². The molecule has 1 saturated heterocycles. The molecule has 5 nitrogen and oxygen atoms in total. The molecule has 0 aromatic heterocycles. The summed E-state index contributed by atoms with van der Waals surface area (Å²) < 4.78 is 10.5. The third kappa shape index (κ3) is 4.16. The Morgan fingerprint density at radius 3 is 2.74 bits per heavy atom. The number of nitrogens with one attached hydrogen (secondary N) is 1. The van der Waals surface area contributed by atoms with Crippen LogP contribution in [-0.4, -0.2) is 61.9 Å². The number of carbonyl (C=O) groups is 1. The second-order valence-corrected chi connectivity index (χ2v) is 6.04. The molecule has 1 fully saturated rings. The normalized spacial score (nSPS) is 22.8. The molecule has 0 aromatic rings. The number of morpholine rings is 1. The molecule has 0 radical (unpaired) electrons. The van der Waals surface area contributed by atoms with Gasteiger partial charge in [0.15, 0.2) is 0 Å². The molecule has 1 rings (SSSR count). The van der Waals surface area contributed by atoms with Gasteiger partial charge in [0.05, 0.1) is 20.3 Å². The minimum atomic E-state index is -0.667. The van der Waals surface area contributed by atoms with Crippen LogP contribution in [0.25, 0.3) is 0 Å². The zero-order valence-corrected chi connectivity index (χ0v) is 12.9. The highest BCUT2D eigenvalue weighted by Gasteiger charge is 2.40. The Balaban J connectivity index is 2.78. The van der Waals surface area contributed by atoms with Crippen LogP contribution in [0.2, 0.25) is 0 Å². The molecular weight excluding hydrogens is 244 g/mol. The molecule has 0 bridgehead atoms. The van der Waals surface area contributed by atoms with Gasteiger partial charge in [-0.15, -0.1) is 0 Å². The van der Waals surface area contributed by atoms with Crippen molar-refractivity contribution in [2.75, 3.05) is 40.0 Å². The van der Waals surface area contributed by atoms with E-state index in [4.69, 9.17) is 9.47 Å². The first kappa shape index (κ1) is 16.4. The molecular formula is C14H28N2O3. The molecule has 0 spiro atoms. The molecule has 1 unspecified atom stereocenters. The summed E-state index contributed by atoms with van der Waals surface area (Å²) in [6.45, 7) is 12.0. The number of ether oxygens (including phenoxy) is 2. The van der Waals surface area contributed by atoms with Gasteiger partial charge in [-0.25, -0.2) is 0 Å². The molecule has 5 heteroatoms. The van der Waals surface area contributed by atoms with Gasteiger partial charge in [-0.3, -0.25) is 9.69 Å². The van der Waals surface area contributed by atoms with Crippen LogP contribution in [0.1, 0.15) is 34.1 Å². The molecule has 1 heterocycles. The molecule has 0 amide bonds. The van der Waals surface area contributed by atoms with E-state index in [-0.39, 0.29) is 11.5 Å². The summed E-state index contributed by atoms with van der Waals surface area (Å²) in [5.74, 6) is -0.205. The van der Waals surface area contributed by atoms with Gasteiger partial charge < -0.3 is 14.8 Å². The van der Waals surface area contributed by atoms with Crippen molar-refractivity contribution in [3.8, 4) is 0 Å². The van der Waals surface area contributed by atoms with E-state index in [1.807, 2.05) is 6.92 Å². The largest absolute Gasteiger partial charge is 0.468 e. The number of hydrogen-bond donors (Lipinski definition) is 1. The Bertz CT molecular complexity index is 307. The predicted molar refractivity (Wildman–Crippen MR) is 75.2 cm³/mol. The molecule has 1 atom stereocenters. The standard InChI is InChI=1S/C14H28N2O3/c1-6-7-15-14(4,12(17)18-5)10-16-8-9-19-11-13(16,2)3/h15H,6-11H2,1-5H3. The van der Waals surface area contributed by atoms with Gasteiger partial charge in [0.1, 0.15) is 5.54 Å². The predicted octanol–water partition coefficient (Wildman–Crippen LogP) is 1.03. The van der Waals surface area contributed by atoms with Crippen LogP contribution in [0.3, 0.4) is 0 Å². The first-order valence-electron chi connectivity index (χ1n) is 7.02. The van der Waals surface area contributed by atoms with Crippen molar-refractivity contribution in [1.29, 1.82) is 0 Å². The molecule has 1 N–H and O–H groups in total. The summed E-state index contributed by atoms with van der Waals surface area (Å²) in [7, 11) is 1.44. The Morgan fingerprint density at radius 2 is 2.21 bits per heavy atom. The number of nitrogens with zero attached hydrogens (tertiary/aromatic N) is 1. The lowest BCUT2D eigenvalue weighted by Crippen LogP contribution is -2.63. The summed E-state index contributed by atoms with van der Waals surface area (Å²) >= 11 is 0. The first-order valence-corrected chi connectivity index (χ1v) is 7.02. The Kier molecular flexibility index (Phi) is 5.77. The van der Waals surface area contributed by atoms with Crippen molar-refractivity contribution >= 4 is 5.97 Å². The van der Waals surface area contributed by atoms with E-state index < -0.39 is 5.54 Å². The highest BCUT2D eigenvalue weighted by molar-refractivity contribution is 5.80. The van der Waals surface area contributed by atoms with Gasteiger partial charge in [-0.05, 0) is 33.7 Å². The summed E-state index contributed by atoms with van der Waals surface area (Å²) in [5.41, 5.74) is -0.721. The van der Waals surface area contributed by atoms with E-state index in [2.05, 4.69) is 31.0 Å². The Morgan fingerprint density at radius 1 is 1.53 bits per heavy atom. The van der Waals surface area contributed by atoms with Crippen LogP contribution in [0.4, 0.5) is 0 Å². The second kappa shape index (κ2) is 6.68. The van der Waals surface area contributed by atoms with Crippen LogP contribution in [-0.2, 0) is 14.3 Å². The molecule has 19 heavy (non-hydrogen) atoms. The third-order valence-electron chi connectivity index (χ3n) is 3.73. The quantitative estimate of drug-likeness (QED) is 0.732. The summed E-state index contributed by atoms with van der Waals surface area (Å²) in [6.07, 6.45) is 0.985.